The summed E-state index contributed by atoms with van der Waals surface area (Å²) in [4.78, 5) is 45.8. The first-order valence-corrected chi connectivity index (χ1v) is 9.33. The van der Waals surface area contributed by atoms with Crippen LogP contribution in [0.2, 0.25) is 0 Å². The van der Waals surface area contributed by atoms with Gasteiger partial charge in [-0.3, -0.25) is 9.59 Å². The van der Waals surface area contributed by atoms with Gasteiger partial charge in [0, 0.05) is 23.9 Å². The lowest BCUT2D eigenvalue weighted by atomic mass is 10.0. The molecule has 3 rings (SSSR count). The maximum absolute atomic E-state index is 12.0. The molecule has 0 aliphatic rings. The molecule has 1 heterocycles. The molecule has 9 nitrogen and oxygen atoms in total. The molecule has 9 heteroatoms. The number of benzene rings is 2. The smallest absolute Gasteiger partial charge is 0.336 e. The minimum Gasteiger partial charge on any atom is -0.484 e. The molecule has 0 aliphatic heterocycles. The van der Waals surface area contributed by atoms with Gasteiger partial charge in [0.2, 0.25) is 0 Å². The number of amides is 1. The van der Waals surface area contributed by atoms with Gasteiger partial charge in [-0.1, -0.05) is 30.3 Å². The third-order valence-corrected chi connectivity index (χ3v) is 4.45. The van der Waals surface area contributed by atoms with E-state index in [0.717, 1.165) is 5.56 Å². The maximum Gasteiger partial charge on any atom is 0.336 e. The van der Waals surface area contributed by atoms with Crippen LogP contribution in [0.4, 0.5) is 0 Å². The molecule has 31 heavy (non-hydrogen) atoms. The maximum atomic E-state index is 12.0. The van der Waals surface area contributed by atoms with Gasteiger partial charge in [-0.2, -0.15) is 0 Å². The molecule has 1 unspecified atom stereocenters. The third kappa shape index (κ3) is 5.69. The number of hydrogen-bond acceptors (Lipinski definition) is 6. The zero-order valence-corrected chi connectivity index (χ0v) is 16.2. The second-order valence-electron chi connectivity index (χ2n) is 6.68. The van der Waals surface area contributed by atoms with Gasteiger partial charge in [0.25, 0.3) is 5.91 Å². The Morgan fingerprint density at radius 1 is 1.03 bits per heavy atom. The number of aliphatic carboxylic acids is 2. The van der Waals surface area contributed by atoms with Gasteiger partial charge in [0.1, 0.15) is 17.4 Å². The summed E-state index contributed by atoms with van der Waals surface area (Å²) in [6.07, 6.45) is -0.647. The van der Waals surface area contributed by atoms with E-state index in [2.05, 4.69) is 5.32 Å². The first kappa shape index (κ1) is 21.6. The molecule has 0 saturated heterocycles. The number of ether oxygens (including phenoxy) is 1. The van der Waals surface area contributed by atoms with Crippen molar-refractivity contribution in [3.05, 3.63) is 65.0 Å². The monoisotopic (exact) mass is 425 g/mol. The van der Waals surface area contributed by atoms with E-state index in [1.807, 2.05) is 30.3 Å². The van der Waals surface area contributed by atoms with E-state index >= 15 is 0 Å². The Bertz CT molecular complexity index is 1170. The SMILES string of the molecule is O=C(O)CCC(NC(=O)COc1ccc2c(-c3ccccc3)cc(=O)oc2c1)C(=O)O. The van der Waals surface area contributed by atoms with Crippen LogP contribution in [0, 0.1) is 0 Å². The second-order valence-corrected chi connectivity index (χ2v) is 6.68. The molecule has 0 aliphatic carbocycles. The first-order valence-electron chi connectivity index (χ1n) is 9.33. The zero-order valence-electron chi connectivity index (χ0n) is 16.2. The summed E-state index contributed by atoms with van der Waals surface area (Å²) in [6.45, 7) is -0.495. The Labute approximate surface area is 175 Å². The largest absolute Gasteiger partial charge is 0.484 e. The molecule has 3 N–H and O–H groups in total. The van der Waals surface area contributed by atoms with Gasteiger partial charge < -0.3 is 24.7 Å². The zero-order chi connectivity index (χ0) is 22.4. The molecule has 1 atom stereocenters. The third-order valence-electron chi connectivity index (χ3n) is 4.45. The van der Waals surface area contributed by atoms with Gasteiger partial charge in [-0.05, 0) is 29.7 Å². The highest BCUT2D eigenvalue weighted by molar-refractivity contribution is 5.93. The number of rotatable bonds is 9. The second kappa shape index (κ2) is 9.57. The predicted octanol–water partition coefficient (Wildman–Crippen LogP) is 2.27. The molecule has 160 valence electrons. The lowest BCUT2D eigenvalue weighted by Crippen LogP contribution is -2.43. The van der Waals surface area contributed by atoms with E-state index in [0.29, 0.717) is 10.9 Å². The number of carbonyl (C=O) groups is 3. The molecular formula is C22H19NO8. The van der Waals surface area contributed by atoms with E-state index in [1.165, 1.54) is 12.1 Å². The topological polar surface area (TPSA) is 143 Å². The Balaban J connectivity index is 1.72. The Morgan fingerprint density at radius 2 is 1.77 bits per heavy atom. The lowest BCUT2D eigenvalue weighted by molar-refractivity contribution is -0.143. The Morgan fingerprint density at radius 3 is 2.45 bits per heavy atom. The van der Waals surface area contributed by atoms with Gasteiger partial charge in [-0.25, -0.2) is 9.59 Å². The van der Waals surface area contributed by atoms with Crippen molar-refractivity contribution in [1.82, 2.24) is 5.32 Å². The number of nitrogens with one attached hydrogen (secondary N) is 1. The van der Waals surface area contributed by atoms with Crippen molar-refractivity contribution < 1.29 is 33.8 Å². The minimum absolute atomic E-state index is 0.244. The summed E-state index contributed by atoms with van der Waals surface area (Å²) in [5.74, 6) is -2.98. The lowest BCUT2D eigenvalue weighted by Gasteiger charge is -2.14. The number of hydrogen-bond donors (Lipinski definition) is 3. The van der Waals surface area contributed by atoms with Crippen LogP contribution in [0.5, 0.6) is 5.75 Å². The van der Waals surface area contributed by atoms with Gasteiger partial charge >= 0.3 is 17.6 Å². The number of carbonyl (C=O) groups excluding carboxylic acids is 1. The molecule has 2 aromatic carbocycles. The number of carboxylic acid groups (broad SMARTS) is 2. The van der Waals surface area contributed by atoms with E-state index in [9.17, 15) is 19.2 Å². The van der Waals surface area contributed by atoms with Crippen LogP contribution < -0.4 is 15.7 Å². The van der Waals surface area contributed by atoms with Crippen LogP contribution in [-0.4, -0.2) is 40.7 Å². The number of carboxylic acids is 2. The van der Waals surface area contributed by atoms with Crippen molar-refractivity contribution >= 4 is 28.8 Å². The molecule has 0 fully saturated rings. The Hall–Kier alpha value is -4.14. The predicted molar refractivity (Wildman–Crippen MR) is 110 cm³/mol. The average molecular weight is 425 g/mol. The van der Waals surface area contributed by atoms with Crippen LogP contribution >= 0.6 is 0 Å². The van der Waals surface area contributed by atoms with Crippen LogP contribution in [0.3, 0.4) is 0 Å². The van der Waals surface area contributed by atoms with Crippen molar-refractivity contribution in [3.8, 4) is 16.9 Å². The molecule has 0 radical (unpaired) electrons. The van der Waals surface area contributed by atoms with E-state index in [1.54, 1.807) is 12.1 Å². The fourth-order valence-corrected chi connectivity index (χ4v) is 3.00. The van der Waals surface area contributed by atoms with E-state index in [4.69, 9.17) is 19.4 Å². The summed E-state index contributed by atoms with van der Waals surface area (Å²) in [5.41, 5.74) is 1.27. The normalized spacial score (nSPS) is 11.6. The van der Waals surface area contributed by atoms with Crippen LogP contribution in [0.25, 0.3) is 22.1 Å². The van der Waals surface area contributed by atoms with Gasteiger partial charge in [0.15, 0.2) is 6.61 Å². The summed E-state index contributed by atoms with van der Waals surface area (Å²) in [7, 11) is 0. The summed E-state index contributed by atoms with van der Waals surface area (Å²) in [6, 6.07) is 14.1. The molecular weight excluding hydrogens is 406 g/mol. The molecule has 0 spiro atoms. The molecule has 3 aromatic rings. The minimum atomic E-state index is -1.34. The molecule has 0 bridgehead atoms. The fraction of sp³-hybridized carbons (Fsp3) is 0.182. The van der Waals surface area contributed by atoms with Crippen molar-refractivity contribution in [2.24, 2.45) is 0 Å². The van der Waals surface area contributed by atoms with Gasteiger partial charge in [-0.15, -0.1) is 0 Å². The Kier molecular flexibility index (Phi) is 6.66. The number of fused-ring (bicyclic) bond motifs is 1. The van der Waals surface area contributed by atoms with Crippen LogP contribution in [0.15, 0.2) is 63.8 Å². The quantitative estimate of drug-likeness (QED) is 0.443. The average Bonchev–Trinajstić information content (AvgIpc) is 2.74. The summed E-state index contributed by atoms with van der Waals surface area (Å²) >= 11 is 0. The first-order chi connectivity index (χ1) is 14.8. The molecule has 1 amide bonds. The molecule has 0 saturated carbocycles. The van der Waals surface area contributed by atoms with Crippen molar-refractivity contribution in [1.29, 1.82) is 0 Å². The van der Waals surface area contributed by atoms with Crippen molar-refractivity contribution in [2.45, 2.75) is 18.9 Å². The molecule has 1 aromatic heterocycles. The van der Waals surface area contributed by atoms with E-state index in [-0.39, 0.29) is 17.8 Å². The fourth-order valence-electron chi connectivity index (χ4n) is 3.00. The van der Waals surface area contributed by atoms with E-state index < -0.39 is 42.5 Å². The van der Waals surface area contributed by atoms with Gasteiger partial charge in [0.05, 0.1) is 0 Å². The van der Waals surface area contributed by atoms with Crippen LogP contribution in [0.1, 0.15) is 12.8 Å². The standard InChI is InChI=1S/C22H19NO8/c24-19(23-17(22(28)29)8-9-20(25)26)12-30-14-6-7-15-16(13-4-2-1-3-5-13)11-21(27)31-18(15)10-14/h1-7,10-11,17H,8-9,12H2,(H,23,24)(H,25,26)(H,28,29). The van der Waals surface area contributed by atoms with Crippen molar-refractivity contribution in [3.63, 3.8) is 0 Å². The van der Waals surface area contributed by atoms with Crippen LogP contribution in [-0.2, 0) is 14.4 Å². The highest BCUT2D eigenvalue weighted by Crippen LogP contribution is 2.29. The highest BCUT2D eigenvalue weighted by atomic mass is 16.5. The summed E-state index contributed by atoms with van der Waals surface area (Å²) < 4.78 is 10.6. The summed E-state index contributed by atoms with van der Waals surface area (Å²) in [5, 5.41) is 20.7. The highest BCUT2D eigenvalue weighted by Gasteiger charge is 2.21. The van der Waals surface area contributed by atoms with Crippen molar-refractivity contribution in [2.75, 3.05) is 6.61 Å².